The average Bonchev–Trinajstić information content (AvgIpc) is 2.54. The fraction of sp³-hybridized carbons (Fsp3) is 0.333. The van der Waals surface area contributed by atoms with Gasteiger partial charge in [-0.05, 0) is 36.6 Å². The van der Waals surface area contributed by atoms with Crippen LogP contribution in [-0.2, 0) is 16.3 Å². The van der Waals surface area contributed by atoms with E-state index in [1.165, 1.54) is 24.4 Å². The Kier molecular flexibility index (Phi) is 5.33. The van der Waals surface area contributed by atoms with Crippen LogP contribution in [0.3, 0.4) is 0 Å². The summed E-state index contributed by atoms with van der Waals surface area (Å²) in [7, 11) is -4.64. The number of nitrogen functional groups attached to an aromatic ring is 1. The number of alkyl halides is 2. The van der Waals surface area contributed by atoms with Gasteiger partial charge in [-0.25, -0.2) is 13.4 Å². The number of hydrogen-bond donors (Lipinski definition) is 2. The van der Waals surface area contributed by atoms with E-state index in [1.807, 2.05) is 13.8 Å². The number of nitrogens with zero attached hydrogens (tertiary/aromatic N) is 2. The summed E-state index contributed by atoms with van der Waals surface area (Å²) in [6.45, 7) is 4.30. The van der Waals surface area contributed by atoms with Gasteiger partial charge in [0.05, 0.1) is 4.90 Å². The topological polar surface area (TPSA) is 98.0 Å². The van der Waals surface area contributed by atoms with Gasteiger partial charge in [0.2, 0.25) is 15.8 Å². The number of benzene rings is 1. The van der Waals surface area contributed by atoms with Crippen molar-refractivity contribution < 1.29 is 17.2 Å². The second-order valence-electron chi connectivity index (χ2n) is 5.00. The molecule has 0 saturated heterocycles. The highest BCUT2D eigenvalue weighted by Crippen LogP contribution is 2.32. The summed E-state index contributed by atoms with van der Waals surface area (Å²) in [5.41, 5.74) is 7.49. The van der Waals surface area contributed by atoms with E-state index < -0.39 is 20.5 Å². The maximum atomic E-state index is 12.7. The molecule has 1 aromatic heterocycles. The lowest BCUT2D eigenvalue weighted by Gasteiger charge is -2.14. The molecule has 6 nitrogen and oxygen atoms in total. The predicted octanol–water partition coefficient (Wildman–Crippen LogP) is 2.72. The summed E-state index contributed by atoms with van der Waals surface area (Å²) < 4.78 is 48.8. The molecular formula is C15H18F2N4O2S. The van der Waals surface area contributed by atoms with Crippen molar-refractivity contribution in [3.05, 3.63) is 30.0 Å². The number of hydrogen-bond acceptors (Lipinski definition) is 6. The molecule has 1 heterocycles. The minimum absolute atomic E-state index is 0.102. The van der Waals surface area contributed by atoms with Gasteiger partial charge < -0.3 is 11.1 Å². The average molecular weight is 356 g/mol. The van der Waals surface area contributed by atoms with E-state index in [0.717, 1.165) is 0 Å². The number of nitrogens with two attached hydrogens (primary N) is 1. The van der Waals surface area contributed by atoms with Crippen LogP contribution in [0.5, 0.6) is 0 Å². The molecule has 0 radical (unpaired) electrons. The first-order valence-corrected chi connectivity index (χ1v) is 8.87. The van der Waals surface area contributed by atoms with Crippen molar-refractivity contribution in [1.29, 1.82) is 0 Å². The number of rotatable bonds is 6. The number of anilines is 2. The van der Waals surface area contributed by atoms with Crippen molar-refractivity contribution in [3.63, 3.8) is 0 Å². The molecule has 2 rings (SSSR count). The first kappa shape index (κ1) is 18.1. The van der Waals surface area contributed by atoms with Crippen molar-refractivity contribution in [1.82, 2.24) is 9.97 Å². The molecular weight excluding hydrogens is 338 g/mol. The standard InChI is InChI=1S/C15H18F2N4O2S/c1-3-9-7-10(24(22,23)14(16)17)5-6-11(9)12-8-20-15(18)21-13(12)19-4-2/h5-8,14H,3-4H2,1-2H3,(H3,18,19,20,21). The van der Waals surface area contributed by atoms with E-state index in [0.29, 0.717) is 35.5 Å². The van der Waals surface area contributed by atoms with Crippen molar-refractivity contribution in [2.24, 2.45) is 0 Å². The number of aromatic nitrogens is 2. The molecule has 0 fully saturated rings. The lowest BCUT2D eigenvalue weighted by atomic mass is 9.99. The van der Waals surface area contributed by atoms with E-state index >= 15 is 0 Å². The van der Waals surface area contributed by atoms with Gasteiger partial charge >= 0.3 is 5.76 Å². The Labute approximate surface area is 139 Å². The van der Waals surface area contributed by atoms with Crippen molar-refractivity contribution in [2.45, 2.75) is 30.9 Å². The molecule has 3 N–H and O–H groups in total. The molecule has 0 aliphatic rings. The first-order valence-electron chi connectivity index (χ1n) is 7.33. The van der Waals surface area contributed by atoms with Gasteiger partial charge in [-0.2, -0.15) is 13.8 Å². The van der Waals surface area contributed by atoms with Crippen LogP contribution >= 0.6 is 0 Å². The molecule has 2 aromatic rings. The molecule has 0 atom stereocenters. The van der Waals surface area contributed by atoms with Crippen LogP contribution in [0.4, 0.5) is 20.5 Å². The molecule has 0 spiro atoms. The van der Waals surface area contributed by atoms with Gasteiger partial charge in [0.25, 0.3) is 0 Å². The van der Waals surface area contributed by atoms with Gasteiger partial charge in [-0.1, -0.05) is 13.0 Å². The van der Waals surface area contributed by atoms with Gasteiger partial charge in [-0.3, -0.25) is 0 Å². The predicted molar refractivity (Wildman–Crippen MR) is 88.6 cm³/mol. The SMILES string of the molecule is CCNc1nc(N)ncc1-c1ccc(S(=O)(=O)C(F)F)cc1CC. The summed E-state index contributed by atoms with van der Waals surface area (Å²) in [5, 5.41) is 3.06. The third-order valence-electron chi connectivity index (χ3n) is 3.46. The number of halogens is 2. The molecule has 9 heteroatoms. The van der Waals surface area contributed by atoms with E-state index in [4.69, 9.17) is 5.73 Å². The fourth-order valence-electron chi connectivity index (χ4n) is 2.30. The molecule has 1 aromatic carbocycles. The van der Waals surface area contributed by atoms with Gasteiger partial charge in [0.15, 0.2) is 0 Å². The number of sulfone groups is 1. The molecule has 0 aliphatic heterocycles. The highest BCUT2D eigenvalue weighted by molar-refractivity contribution is 7.91. The van der Waals surface area contributed by atoms with Crippen LogP contribution in [-0.4, -0.2) is 30.7 Å². The summed E-state index contributed by atoms with van der Waals surface area (Å²) in [5.74, 6) is -2.85. The monoisotopic (exact) mass is 356 g/mol. The van der Waals surface area contributed by atoms with Crippen molar-refractivity contribution >= 4 is 21.6 Å². The van der Waals surface area contributed by atoms with E-state index in [1.54, 1.807) is 0 Å². The fourth-order valence-corrected chi connectivity index (χ4v) is 3.07. The van der Waals surface area contributed by atoms with Crippen LogP contribution in [0, 0.1) is 0 Å². The van der Waals surface area contributed by atoms with E-state index in [9.17, 15) is 17.2 Å². The highest BCUT2D eigenvalue weighted by atomic mass is 32.2. The zero-order valence-corrected chi connectivity index (χ0v) is 14.1. The Balaban J connectivity index is 2.61. The Hall–Kier alpha value is -2.29. The Bertz CT molecular complexity index is 841. The van der Waals surface area contributed by atoms with Gasteiger partial charge in [0, 0.05) is 18.3 Å². The number of nitrogens with one attached hydrogen (secondary N) is 1. The molecule has 24 heavy (non-hydrogen) atoms. The molecule has 0 amide bonds. The molecule has 0 unspecified atom stereocenters. The van der Waals surface area contributed by atoms with Crippen molar-refractivity contribution in [2.75, 3.05) is 17.6 Å². The molecule has 130 valence electrons. The van der Waals surface area contributed by atoms with Crippen LogP contribution in [0.1, 0.15) is 19.4 Å². The zero-order chi connectivity index (χ0) is 17.9. The van der Waals surface area contributed by atoms with Gasteiger partial charge in [-0.15, -0.1) is 0 Å². The molecule has 0 bridgehead atoms. The van der Waals surface area contributed by atoms with Crippen LogP contribution in [0.25, 0.3) is 11.1 Å². The highest BCUT2D eigenvalue weighted by Gasteiger charge is 2.27. The lowest BCUT2D eigenvalue weighted by molar-refractivity contribution is 0.234. The quantitative estimate of drug-likeness (QED) is 0.826. The third kappa shape index (κ3) is 3.45. The number of aryl methyl sites for hydroxylation is 1. The van der Waals surface area contributed by atoms with Crippen LogP contribution < -0.4 is 11.1 Å². The van der Waals surface area contributed by atoms with Gasteiger partial charge in [0.1, 0.15) is 5.82 Å². The maximum absolute atomic E-state index is 12.7. The summed E-state index contributed by atoms with van der Waals surface area (Å²) in [4.78, 5) is 7.69. The molecule has 0 saturated carbocycles. The van der Waals surface area contributed by atoms with Crippen LogP contribution in [0.2, 0.25) is 0 Å². The van der Waals surface area contributed by atoms with E-state index in [-0.39, 0.29) is 5.95 Å². The minimum Gasteiger partial charge on any atom is -0.370 e. The Morgan fingerprint density at radius 3 is 2.54 bits per heavy atom. The first-order chi connectivity index (χ1) is 11.3. The Morgan fingerprint density at radius 1 is 1.25 bits per heavy atom. The smallest absolute Gasteiger partial charge is 0.341 e. The zero-order valence-electron chi connectivity index (χ0n) is 13.3. The summed E-state index contributed by atoms with van der Waals surface area (Å²) >= 11 is 0. The van der Waals surface area contributed by atoms with E-state index in [2.05, 4.69) is 15.3 Å². The second-order valence-corrected chi connectivity index (χ2v) is 6.92. The second kappa shape index (κ2) is 7.08. The normalized spacial score (nSPS) is 11.7. The summed E-state index contributed by atoms with van der Waals surface area (Å²) in [6.07, 6.45) is 1.98. The Morgan fingerprint density at radius 2 is 1.96 bits per heavy atom. The van der Waals surface area contributed by atoms with Crippen LogP contribution in [0.15, 0.2) is 29.3 Å². The maximum Gasteiger partial charge on any atom is 0.341 e. The van der Waals surface area contributed by atoms with Crippen molar-refractivity contribution in [3.8, 4) is 11.1 Å². The lowest BCUT2D eigenvalue weighted by Crippen LogP contribution is -2.12. The summed E-state index contributed by atoms with van der Waals surface area (Å²) in [6, 6.07) is 3.93. The largest absolute Gasteiger partial charge is 0.370 e. The third-order valence-corrected chi connectivity index (χ3v) is 4.84. The molecule has 0 aliphatic carbocycles. The minimum atomic E-state index is -4.64.